The van der Waals surface area contributed by atoms with Crippen LogP contribution in [0.3, 0.4) is 0 Å². The molecule has 0 aliphatic rings. The Hall–Kier alpha value is -1.70. The average molecular weight is 337 g/mol. The maximum absolute atomic E-state index is 6.07. The van der Waals surface area contributed by atoms with Gasteiger partial charge in [0.1, 0.15) is 5.82 Å². The summed E-state index contributed by atoms with van der Waals surface area (Å²) in [7, 11) is 0. The minimum atomic E-state index is 0.108. The first-order valence-electron chi connectivity index (χ1n) is 6.96. The summed E-state index contributed by atoms with van der Waals surface area (Å²) in [5.41, 5.74) is 8.93. The van der Waals surface area contributed by atoms with Gasteiger partial charge >= 0.3 is 0 Å². The standard InChI is InChI=1S/C14H17ClN6S/c1-7(16)3-10-8(2)11-12(22-10)13(21-14(15)20-11)18-5-9-4-17-6-19-9/h4,6-7H,3,5,16H2,1-2H3,(H,17,19)(H,18,20,21)/t7-/m0/s1. The van der Waals surface area contributed by atoms with E-state index in [9.17, 15) is 0 Å². The van der Waals surface area contributed by atoms with Crippen LogP contribution in [0.1, 0.15) is 23.1 Å². The lowest BCUT2D eigenvalue weighted by atomic mass is 10.1. The molecule has 3 aromatic heterocycles. The summed E-state index contributed by atoms with van der Waals surface area (Å²) >= 11 is 7.74. The van der Waals surface area contributed by atoms with Crippen molar-refractivity contribution >= 4 is 39.0 Å². The summed E-state index contributed by atoms with van der Waals surface area (Å²) in [4.78, 5) is 17.0. The van der Waals surface area contributed by atoms with Crippen molar-refractivity contribution in [3.63, 3.8) is 0 Å². The van der Waals surface area contributed by atoms with Crippen molar-refractivity contribution in [1.29, 1.82) is 0 Å². The third-order valence-electron chi connectivity index (χ3n) is 3.35. The number of aryl methyl sites for hydroxylation is 1. The van der Waals surface area contributed by atoms with Crippen LogP contribution in [0.5, 0.6) is 0 Å². The normalized spacial score (nSPS) is 12.7. The second kappa shape index (κ2) is 6.20. The lowest BCUT2D eigenvalue weighted by Crippen LogP contribution is -2.17. The van der Waals surface area contributed by atoms with Gasteiger partial charge < -0.3 is 16.0 Å². The van der Waals surface area contributed by atoms with E-state index in [4.69, 9.17) is 17.3 Å². The van der Waals surface area contributed by atoms with E-state index in [1.165, 1.54) is 4.88 Å². The van der Waals surface area contributed by atoms with E-state index in [1.54, 1.807) is 23.9 Å². The van der Waals surface area contributed by atoms with Gasteiger partial charge in [-0.2, -0.15) is 4.98 Å². The Bertz CT molecular complexity index is 780. The van der Waals surface area contributed by atoms with Crippen molar-refractivity contribution in [3.05, 3.63) is 33.9 Å². The molecule has 0 saturated carbocycles. The number of aromatic nitrogens is 4. The average Bonchev–Trinajstić information content (AvgIpc) is 3.07. The molecule has 0 aliphatic carbocycles. The van der Waals surface area contributed by atoms with Gasteiger partial charge in [0, 0.05) is 17.1 Å². The second-order valence-electron chi connectivity index (χ2n) is 5.28. The SMILES string of the molecule is Cc1c(C[C@H](C)N)sc2c(NCc3cnc[nH]3)nc(Cl)nc12. The van der Waals surface area contributed by atoms with Crippen LogP contribution in [0.2, 0.25) is 5.28 Å². The highest BCUT2D eigenvalue weighted by atomic mass is 35.5. The number of anilines is 1. The molecule has 0 spiro atoms. The molecule has 0 unspecified atom stereocenters. The highest BCUT2D eigenvalue weighted by Gasteiger charge is 2.16. The van der Waals surface area contributed by atoms with Gasteiger partial charge in [0.05, 0.1) is 28.8 Å². The first-order chi connectivity index (χ1) is 10.5. The molecule has 0 fully saturated rings. The molecule has 3 heterocycles. The van der Waals surface area contributed by atoms with Crippen LogP contribution in [-0.4, -0.2) is 26.0 Å². The molecule has 0 radical (unpaired) electrons. The number of rotatable bonds is 5. The number of H-pyrrole nitrogens is 1. The van der Waals surface area contributed by atoms with Crippen molar-refractivity contribution in [2.24, 2.45) is 5.73 Å². The monoisotopic (exact) mass is 336 g/mol. The number of thiophene rings is 1. The van der Waals surface area contributed by atoms with Crippen molar-refractivity contribution in [3.8, 4) is 0 Å². The van der Waals surface area contributed by atoms with Gasteiger partial charge in [-0.05, 0) is 37.4 Å². The molecule has 116 valence electrons. The maximum atomic E-state index is 6.07. The van der Waals surface area contributed by atoms with Crippen LogP contribution in [0.4, 0.5) is 5.82 Å². The van der Waals surface area contributed by atoms with Crippen molar-refractivity contribution in [1.82, 2.24) is 19.9 Å². The minimum Gasteiger partial charge on any atom is -0.363 e. The van der Waals surface area contributed by atoms with Crippen LogP contribution < -0.4 is 11.1 Å². The van der Waals surface area contributed by atoms with E-state index in [0.29, 0.717) is 6.54 Å². The van der Waals surface area contributed by atoms with E-state index in [0.717, 1.165) is 33.7 Å². The van der Waals surface area contributed by atoms with E-state index in [2.05, 4.69) is 32.2 Å². The molecular weight excluding hydrogens is 320 g/mol. The van der Waals surface area contributed by atoms with Gasteiger partial charge in [-0.3, -0.25) is 0 Å². The fraction of sp³-hybridized carbons (Fsp3) is 0.357. The summed E-state index contributed by atoms with van der Waals surface area (Å²) in [6.07, 6.45) is 4.24. The van der Waals surface area contributed by atoms with Gasteiger partial charge in [0.2, 0.25) is 5.28 Å². The summed E-state index contributed by atoms with van der Waals surface area (Å²) in [5.74, 6) is 0.744. The molecule has 0 aromatic carbocycles. The van der Waals surface area contributed by atoms with E-state index in [1.807, 2.05) is 6.92 Å². The molecule has 8 heteroatoms. The van der Waals surface area contributed by atoms with Crippen LogP contribution in [-0.2, 0) is 13.0 Å². The quantitative estimate of drug-likeness (QED) is 0.623. The van der Waals surface area contributed by atoms with Crippen LogP contribution in [0.15, 0.2) is 12.5 Å². The highest BCUT2D eigenvalue weighted by Crippen LogP contribution is 2.35. The molecule has 1 atom stereocenters. The number of imidazole rings is 1. The predicted molar refractivity (Wildman–Crippen MR) is 90.4 cm³/mol. The number of aromatic amines is 1. The zero-order valence-corrected chi connectivity index (χ0v) is 13.9. The summed E-state index contributed by atoms with van der Waals surface area (Å²) in [6.45, 7) is 4.65. The molecule has 6 nitrogen and oxygen atoms in total. The second-order valence-corrected chi connectivity index (χ2v) is 6.72. The fourth-order valence-corrected chi connectivity index (χ4v) is 3.79. The van der Waals surface area contributed by atoms with Gasteiger partial charge in [-0.1, -0.05) is 0 Å². The molecule has 4 N–H and O–H groups in total. The van der Waals surface area contributed by atoms with Crippen molar-refractivity contribution in [2.45, 2.75) is 32.9 Å². The summed E-state index contributed by atoms with van der Waals surface area (Å²) < 4.78 is 1.01. The number of halogens is 1. The Balaban J connectivity index is 1.98. The fourth-order valence-electron chi connectivity index (χ4n) is 2.27. The lowest BCUT2D eigenvalue weighted by Gasteiger charge is -2.05. The molecule has 3 aromatic rings. The van der Waals surface area contributed by atoms with Gasteiger partial charge in [0.25, 0.3) is 0 Å². The Morgan fingerprint density at radius 1 is 1.45 bits per heavy atom. The molecule has 0 aliphatic heterocycles. The zero-order valence-electron chi connectivity index (χ0n) is 12.4. The maximum Gasteiger partial charge on any atom is 0.224 e. The first kappa shape index (κ1) is 15.2. The Kier molecular flexibility index (Phi) is 4.28. The van der Waals surface area contributed by atoms with Gasteiger partial charge in [-0.15, -0.1) is 11.3 Å². The van der Waals surface area contributed by atoms with Gasteiger partial charge in [0.15, 0.2) is 0 Å². The summed E-state index contributed by atoms with van der Waals surface area (Å²) in [6, 6.07) is 0.108. The molecule has 0 bridgehead atoms. The Labute approximate surface area is 137 Å². The van der Waals surface area contributed by atoms with Crippen molar-refractivity contribution < 1.29 is 0 Å². The number of fused-ring (bicyclic) bond motifs is 1. The highest BCUT2D eigenvalue weighted by molar-refractivity contribution is 7.19. The third kappa shape index (κ3) is 3.06. The van der Waals surface area contributed by atoms with Gasteiger partial charge in [-0.25, -0.2) is 9.97 Å². The van der Waals surface area contributed by atoms with Crippen molar-refractivity contribution in [2.75, 3.05) is 5.32 Å². The number of nitrogens with two attached hydrogens (primary N) is 1. The predicted octanol–water partition coefficient (Wildman–Crippen LogP) is 2.88. The lowest BCUT2D eigenvalue weighted by molar-refractivity contribution is 0.744. The Morgan fingerprint density at radius 2 is 2.27 bits per heavy atom. The molecule has 3 rings (SSSR count). The molecule has 22 heavy (non-hydrogen) atoms. The first-order valence-corrected chi connectivity index (χ1v) is 8.16. The van der Waals surface area contributed by atoms with E-state index >= 15 is 0 Å². The Morgan fingerprint density at radius 3 is 2.95 bits per heavy atom. The van der Waals surface area contributed by atoms with E-state index in [-0.39, 0.29) is 11.3 Å². The zero-order chi connectivity index (χ0) is 15.7. The van der Waals surface area contributed by atoms with Crippen LogP contribution in [0, 0.1) is 6.92 Å². The molecular formula is C14H17ClN6S. The number of nitrogens with one attached hydrogen (secondary N) is 2. The largest absolute Gasteiger partial charge is 0.363 e. The van der Waals surface area contributed by atoms with Crippen LogP contribution in [0.25, 0.3) is 10.2 Å². The smallest absolute Gasteiger partial charge is 0.224 e. The van der Waals surface area contributed by atoms with Crippen LogP contribution >= 0.6 is 22.9 Å². The summed E-state index contributed by atoms with van der Waals surface area (Å²) in [5, 5.41) is 3.54. The van der Waals surface area contributed by atoms with E-state index < -0.39 is 0 Å². The topological polar surface area (TPSA) is 92.5 Å². The number of nitrogens with zero attached hydrogens (tertiary/aromatic N) is 3. The molecule has 0 amide bonds. The molecule has 0 saturated heterocycles. The number of hydrogen-bond acceptors (Lipinski definition) is 6. The minimum absolute atomic E-state index is 0.108. The third-order valence-corrected chi connectivity index (χ3v) is 4.82. The number of hydrogen-bond donors (Lipinski definition) is 3.